The SMILES string of the molecule is COc1ccccc1Cc1cc2ccccc2cc1-c1cccnc1.Cl. The Morgan fingerprint density at radius 3 is 2.27 bits per heavy atom. The van der Waals surface area contributed by atoms with Crippen LogP contribution in [0.15, 0.2) is 85.2 Å². The number of methoxy groups -OCH3 is 1. The average molecular weight is 362 g/mol. The number of rotatable bonds is 4. The first-order valence-corrected chi connectivity index (χ1v) is 8.39. The Morgan fingerprint density at radius 2 is 1.54 bits per heavy atom. The maximum Gasteiger partial charge on any atom is 0.122 e. The maximum atomic E-state index is 5.54. The highest BCUT2D eigenvalue weighted by Crippen LogP contribution is 2.31. The molecule has 3 heteroatoms. The first-order chi connectivity index (χ1) is 12.3. The van der Waals surface area contributed by atoms with E-state index in [0.29, 0.717) is 0 Å². The van der Waals surface area contributed by atoms with Crippen molar-refractivity contribution in [1.29, 1.82) is 0 Å². The molecule has 4 rings (SSSR count). The van der Waals surface area contributed by atoms with Gasteiger partial charge in [0, 0.05) is 24.4 Å². The summed E-state index contributed by atoms with van der Waals surface area (Å²) >= 11 is 0. The van der Waals surface area contributed by atoms with Crippen molar-refractivity contribution in [3.63, 3.8) is 0 Å². The molecule has 0 amide bonds. The summed E-state index contributed by atoms with van der Waals surface area (Å²) in [7, 11) is 1.72. The number of benzene rings is 3. The number of hydrogen-bond acceptors (Lipinski definition) is 2. The zero-order chi connectivity index (χ0) is 17.1. The van der Waals surface area contributed by atoms with Crippen molar-refractivity contribution in [2.75, 3.05) is 7.11 Å². The van der Waals surface area contributed by atoms with Crippen molar-refractivity contribution in [1.82, 2.24) is 4.98 Å². The highest BCUT2D eigenvalue weighted by molar-refractivity contribution is 5.89. The number of halogens is 1. The number of hydrogen-bond donors (Lipinski definition) is 0. The van der Waals surface area contributed by atoms with E-state index in [1.54, 1.807) is 7.11 Å². The van der Waals surface area contributed by atoms with Gasteiger partial charge in [0.15, 0.2) is 0 Å². The highest BCUT2D eigenvalue weighted by atomic mass is 35.5. The van der Waals surface area contributed by atoms with Gasteiger partial charge in [0.2, 0.25) is 0 Å². The molecule has 0 aliphatic carbocycles. The van der Waals surface area contributed by atoms with Crippen LogP contribution in [-0.4, -0.2) is 12.1 Å². The molecule has 1 heterocycles. The van der Waals surface area contributed by atoms with Crippen LogP contribution >= 0.6 is 12.4 Å². The Kier molecular flexibility index (Phi) is 5.55. The molecule has 0 bridgehead atoms. The standard InChI is InChI=1S/C23H19NO.ClH/c1-25-23-11-5-4-9-19(23)14-21-13-17-7-2-3-8-18(17)15-22(21)20-10-6-12-24-16-20;/h2-13,15-16H,14H2,1H3;1H. The van der Waals surface area contributed by atoms with Crippen LogP contribution in [0.5, 0.6) is 5.75 Å². The van der Waals surface area contributed by atoms with Crippen molar-refractivity contribution in [3.05, 3.63) is 96.3 Å². The van der Waals surface area contributed by atoms with E-state index in [0.717, 1.165) is 17.7 Å². The largest absolute Gasteiger partial charge is 0.496 e. The number of ether oxygens (including phenoxy) is 1. The van der Waals surface area contributed by atoms with E-state index >= 15 is 0 Å². The third kappa shape index (κ3) is 3.56. The molecule has 2 nitrogen and oxygen atoms in total. The fourth-order valence-corrected chi connectivity index (χ4v) is 3.28. The maximum absolute atomic E-state index is 5.54. The van der Waals surface area contributed by atoms with E-state index in [4.69, 9.17) is 4.74 Å². The Balaban J connectivity index is 0.00000196. The number of fused-ring (bicyclic) bond motifs is 1. The molecule has 0 atom stereocenters. The van der Waals surface area contributed by atoms with Gasteiger partial charge in [0.1, 0.15) is 5.75 Å². The lowest BCUT2D eigenvalue weighted by Gasteiger charge is -2.14. The summed E-state index contributed by atoms with van der Waals surface area (Å²) in [5.41, 5.74) is 4.82. The van der Waals surface area contributed by atoms with E-state index < -0.39 is 0 Å². The molecule has 0 N–H and O–H groups in total. The third-order valence-electron chi connectivity index (χ3n) is 4.52. The number of aromatic nitrogens is 1. The fourth-order valence-electron chi connectivity index (χ4n) is 3.28. The van der Waals surface area contributed by atoms with Crippen molar-refractivity contribution in [2.45, 2.75) is 6.42 Å². The summed E-state index contributed by atoms with van der Waals surface area (Å²) in [6, 6.07) is 25.3. The Morgan fingerprint density at radius 1 is 0.808 bits per heavy atom. The monoisotopic (exact) mass is 361 g/mol. The molecule has 130 valence electrons. The predicted molar refractivity (Wildman–Crippen MR) is 110 cm³/mol. The zero-order valence-electron chi connectivity index (χ0n) is 14.6. The van der Waals surface area contributed by atoms with Crippen LogP contribution in [0.4, 0.5) is 0 Å². The summed E-state index contributed by atoms with van der Waals surface area (Å²) in [4.78, 5) is 4.30. The molecule has 0 saturated heterocycles. The molecular formula is C23H20ClNO. The molecule has 4 aromatic rings. The van der Waals surface area contributed by atoms with Gasteiger partial charge in [-0.25, -0.2) is 0 Å². The van der Waals surface area contributed by atoms with Gasteiger partial charge < -0.3 is 4.74 Å². The van der Waals surface area contributed by atoms with Gasteiger partial charge in [0.05, 0.1) is 7.11 Å². The van der Waals surface area contributed by atoms with Crippen LogP contribution in [0.25, 0.3) is 21.9 Å². The van der Waals surface area contributed by atoms with Gasteiger partial charge >= 0.3 is 0 Å². The summed E-state index contributed by atoms with van der Waals surface area (Å²) in [5, 5.41) is 2.49. The first-order valence-electron chi connectivity index (χ1n) is 8.39. The van der Waals surface area contributed by atoms with Gasteiger partial charge in [-0.05, 0) is 45.7 Å². The molecule has 0 saturated carbocycles. The zero-order valence-corrected chi connectivity index (χ0v) is 15.4. The molecule has 0 radical (unpaired) electrons. The van der Waals surface area contributed by atoms with Crippen LogP contribution in [0.3, 0.4) is 0 Å². The van der Waals surface area contributed by atoms with Crippen LogP contribution in [0.1, 0.15) is 11.1 Å². The molecule has 0 unspecified atom stereocenters. The minimum Gasteiger partial charge on any atom is -0.496 e. The molecule has 0 fully saturated rings. The van der Waals surface area contributed by atoms with Gasteiger partial charge in [-0.15, -0.1) is 12.4 Å². The molecule has 0 spiro atoms. The van der Waals surface area contributed by atoms with Gasteiger partial charge in [-0.2, -0.15) is 0 Å². The summed E-state index contributed by atoms with van der Waals surface area (Å²) < 4.78 is 5.54. The normalized spacial score (nSPS) is 10.3. The minimum absolute atomic E-state index is 0. The Bertz CT molecular complexity index is 1010. The van der Waals surface area contributed by atoms with Crippen molar-refractivity contribution >= 4 is 23.2 Å². The second-order valence-electron chi connectivity index (χ2n) is 6.09. The summed E-state index contributed by atoms with van der Waals surface area (Å²) in [6.07, 6.45) is 4.55. The predicted octanol–water partition coefficient (Wildman–Crippen LogP) is 5.92. The van der Waals surface area contributed by atoms with Gasteiger partial charge in [-0.3, -0.25) is 4.98 Å². The van der Waals surface area contributed by atoms with Gasteiger partial charge in [0.25, 0.3) is 0 Å². The molecule has 0 aliphatic rings. The average Bonchev–Trinajstić information content (AvgIpc) is 2.68. The number of pyridine rings is 1. The Labute approximate surface area is 159 Å². The topological polar surface area (TPSA) is 22.1 Å². The van der Waals surface area contributed by atoms with Crippen molar-refractivity contribution < 1.29 is 4.74 Å². The van der Waals surface area contributed by atoms with Crippen molar-refractivity contribution in [3.8, 4) is 16.9 Å². The third-order valence-corrected chi connectivity index (χ3v) is 4.52. The lowest BCUT2D eigenvalue weighted by atomic mass is 9.92. The van der Waals surface area contributed by atoms with E-state index in [1.165, 1.54) is 27.5 Å². The van der Waals surface area contributed by atoms with E-state index in [-0.39, 0.29) is 12.4 Å². The van der Waals surface area contributed by atoms with Crippen LogP contribution in [-0.2, 0) is 6.42 Å². The Hall–Kier alpha value is -2.84. The quantitative estimate of drug-likeness (QED) is 0.450. The summed E-state index contributed by atoms with van der Waals surface area (Å²) in [5.74, 6) is 0.924. The second kappa shape index (κ2) is 8.03. The molecule has 0 aliphatic heterocycles. The second-order valence-corrected chi connectivity index (χ2v) is 6.09. The minimum atomic E-state index is 0. The lowest BCUT2D eigenvalue weighted by molar-refractivity contribution is 0.410. The van der Waals surface area contributed by atoms with Gasteiger partial charge in [-0.1, -0.05) is 54.6 Å². The molecule has 26 heavy (non-hydrogen) atoms. The highest BCUT2D eigenvalue weighted by Gasteiger charge is 2.11. The number of nitrogens with zero attached hydrogens (tertiary/aromatic N) is 1. The summed E-state index contributed by atoms with van der Waals surface area (Å²) in [6.45, 7) is 0. The molecular weight excluding hydrogens is 342 g/mol. The fraction of sp³-hybridized carbons (Fsp3) is 0.0870. The number of para-hydroxylation sites is 1. The van der Waals surface area contributed by atoms with E-state index in [9.17, 15) is 0 Å². The van der Waals surface area contributed by atoms with Crippen LogP contribution in [0, 0.1) is 0 Å². The van der Waals surface area contributed by atoms with Crippen LogP contribution < -0.4 is 4.74 Å². The first kappa shape index (κ1) is 18.0. The van der Waals surface area contributed by atoms with Crippen LogP contribution in [0.2, 0.25) is 0 Å². The molecule has 3 aromatic carbocycles. The van der Waals surface area contributed by atoms with E-state index in [2.05, 4.69) is 59.6 Å². The van der Waals surface area contributed by atoms with E-state index in [1.807, 2.05) is 30.6 Å². The lowest BCUT2D eigenvalue weighted by Crippen LogP contribution is -1.96. The van der Waals surface area contributed by atoms with Crippen molar-refractivity contribution in [2.24, 2.45) is 0 Å². The molecule has 1 aromatic heterocycles. The smallest absolute Gasteiger partial charge is 0.122 e.